The molecular weight excluding hydrogens is 474 g/mol. The van der Waals surface area contributed by atoms with Gasteiger partial charge in [0.05, 0.1) is 0 Å². The van der Waals surface area contributed by atoms with Gasteiger partial charge in [-0.2, -0.15) is 0 Å². The Bertz CT molecular complexity index is 4.85. The van der Waals surface area contributed by atoms with E-state index in [1.54, 1.807) is 0 Å². The summed E-state index contributed by atoms with van der Waals surface area (Å²) in [5.74, 6) is 0. The van der Waals surface area contributed by atoms with E-state index in [9.17, 15) is 0 Å². The molecule has 0 atom stereocenters. The third-order valence-electron chi connectivity index (χ3n) is 0. The number of hydrogen-bond acceptors (Lipinski definition) is 0. The first-order valence-corrected chi connectivity index (χ1v) is 0. The Morgan fingerprint density at radius 3 is 0.400 bits per heavy atom. The minimum Gasteiger partial charge on any atom is 0 e. The molecule has 0 amide bonds. The van der Waals surface area contributed by atoms with Crippen LogP contribution < -0.4 is 0 Å². The normalized spacial score (nSPS) is 0. The molecule has 12 radical (unpaired) electrons. The molecule has 0 rings (SSSR count). The summed E-state index contributed by atoms with van der Waals surface area (Å²) in [7, 11) is 0. The molecular formula is Ni2Sn3. The molecule has 5 heavy (non-hydrogen) atoms. The summed E-state index contributed by atoms with van der Waals surface area (Å²) in [6.45, 7) is 0. The van der Waals surface area contributed by atoms with Gasteiger partial charge in [0.15, 0.2) is 0 Å². The van der Waals surface area contributed by atoms with Crippen LogP contribution in [0.15, 0.2) is 0 Å². The molecule has 0 bridgehead atoms. The van der Waals surface area contributed by atoms with Gasteiger partial charge < -0.3 is 0 Å². The zero-order valence-electron chi connectivity index (χ0n) is 2.13. The fraction of sp³-hybridized carbons (Fsp3) is 0. The molecule has 0 aliphatic heterocycles. The molecule has 0 aromatic rings. The van der Waals surface area contributed by atoms with Crippen LogP contribution in [0.4, 0.5) is 0 Å². The summed E-state index contributed by atoms with van der Waals surface area (Å²) in [5, 5.41) is 0. The molecule has 0 aromatic carbocycles. The molecule has 5 heteroatoms. The van der Waals surface area contributed by atoms with Crippen molar-refractivity contribution in [3.05, 3.63) is 0 Å². The third kappa shape index (κ3) is 18.7. The standard InChI is InChI=1S/2Ni.3Sn. The van der Waals surface area contributed by atoms with Crippen molar-refractivity contribution in [3.63, 3.8) is 0 Å². The van der Waals surface area contributed by atoms with E-state index >= 15 is 0 Å². The quantitative estimate of drug-likeness (QED) is 0.390. The summed E-state index contributed by atoms with van der Waals surface area (Å²) in [6.07, 6.45) is 0. The van der Waals surface area contributed by atoms with Crippen LogP contribution in [0, 0.1) is 0 Å². The predicted molar refractivity (Wildman–Crippen MR) is 17.3 cm³/mol. The predicted octanol–water partition coefficient (Wildman–Crippen LogP) is -1.15. The molecule has 0 N–H and O–H groups in total. The maximum absolute atomic E-state index is 0. The molecule has 0 saturated heterocycles. The summed E-state index contributed by atoms with van der Waals surface area (Å²) in [6, 6.07) is 0. The SMILES string of the molecule is [Ni].[Ni].[Sn].[Sn].[Sn]. The molecule has 32 valence electrons. The fourth-order valence-corrected chi connectivity index (χ4v) is 0. The maximum Gasteiger partial charge on any atom is 0 e. The van der Waals surface area contributed by atoms with Crippen LogP contribution in [0.5, 0.6) is 0 Å². The van der Waals surface area contributed by atoms with Gasteiger partial charge in [0.2, 0.25) is 0 Å². The maximum atomic E-state index is 0. The summed E-state index contributed by atoms with van der Waals surface area (Å²) < 4.78 is 0. The van der Waals surface area contributed by atoms with Gasteiger partial charge in [-0.25, -0.2) is 0 Å². The van der Waals surface area contributed by atoms with Gasteiger partial charge in [-0.05, 0) is 0 Å². The fourth-order valence-electron chi connectivity index (χ4n) is 0. The summed E-state index contributed by atoms with van der Waals surface area (Å²) in [5.41, 5.74) is 0. The van der Waals surface area contributed by atoms with Crippen LogP contribution in [0.2, 0.25) is 0 Å². The van der Waals surface area contributed by atoms with Gasteiger partial charge in [-0.15, -0.1) is 0 Å². The van der Waals surface area contributed by atoms with Crippen molar-refractivity contribution in [2.24, 2.45) is 0 Å². The molecule has 0 nitrogen and oxygen atoms in total. The van der Waals surface area contributed by atoms with Crippen LogP contribution >= 0.6 is 0 Å². The van der Waals surface area contributed by atoms with Crippen molar-refractivity contribution >= 4 is 71.7 Å². The average Bonchev–Trinajstić information content (AvgIpc) is 0. The van der Waals surface area contributed by atoms with E-state index in [-0.39, 0.29) is 105 Å². The molecule has 0 fully saturated rings. The van der Waals surface area contributed by atoms with Crippen LogP contribution in [0.3, 0.4) is 0 Å². The van der Waals surface area contributed by atoms with E-state index in [2.05, 4.69) is 0 Å². The molecule has 0 aromatic heterocycles. The molecule has 0 spiro atoms. The first-order valence-electron chi connectivity index (χ1n) is 0. The molecule has 0 saturated carbocycles. The average molecular weight is 474 g/mol. The van der Waals surface area contributed by atoms with Crippen molar-refractivity contribution in [1.29, 1.82) is 0 Å². The Morgan fingerprint density at radius 1 is 0.400 bits per heavy atom. The number of hydrogen-bond donors (Lipinski definition) is 0. The second kappa shape index (κ2) is 26.3. The van der Waals surface area contributed by atoms with Crippen molar-refractivity contribution < 1.29 is 33.0 Å². The van der Waals surface area contributed by atoms with E-state index in [1.807, 2.05) is 0 Å². The smallest absolute Gasteiger partial charge is 0 e. The number of rotatable bonds is 0. The Kier molecular flexibility index (Phi) is 210. The zero-order chi connectivity index (χ0) is 0. The molecule has 0 aliphatic rings. The van der Waals surface area contributed by atoms with Crippen molar-refractivity contribution in [2.45, 2.75) is 0 Å². The first kappa shape index (κ1) is 39.9. The van der Waals surface area contributed by atoms with Crippen LogP contribution in [-0.4, -0.2) is 71.7 Å². The first-order chi connectivity index (χ1) is 0. The Labute approximate surface area is 103 Å². The second-order valence-corrected chi connectivity index (χ2v) is 0. The van der Waals surface area contributed by atoms with Crippen LogP contribution in [-0.2, 0) is 33.0 Å². The Morgan fingerprint density at radius 2 is 0.400 bits per heavy atom. The van der Waals surface area contributed by atoms with Crippen molar-refractivity contribution in [1.82, 2.24) is 0 Å². The van der Waals surface area contributed by atoms with E-state index in [0.29, 0.717) is 0 Å². The molecule has 0 aliphatic carbocycles. The van der Waals surface area contributed by atoms with Gasteiger partial charge in [0, 0.05) is 105 Å². The topological polar surface area (TPSA) is 0 Å². The Balaban J connectivity index is 0. The summed E-state index contributed by atoms with van der Waals surface area (Å²) in [4.78, 5) is 0. The van der Waals surface area contributed by atoms with Gasteiger partial charge in [0.25, 0.3) is 0 Å². The Hall–Kier alpha value is 3.38. The molecule has 0 unspecified atom stereocenters. The minimum absolute atomic E-state index is 0. The van der Waals surface area contributed by atoms with Crippen molar-refractivity contribution in [2.75, 3.05) is 0 Å². The van der Waals surface area contributed by atoms with E-state index in [4.69, 9.17) is 0 Å². The van der Waals surface area contributed by atoms with Gasteiger partial charge in [0.1, 0.15) is 0 Å². The van der Waals surface area contributed by atoms with Crippen LogP contribution in [0.25, 0.3) is 0 Å². The van der Waals surface area contributed by atoms with Gasteiger partial charge in [-0.1, -0.05) is 0 Å². The van der Waals surface area contributed by atoms with Gasteiger partial charge >= 0.3 is 0 Å². The van der Waals surface area contributed by atoms with E-state index < -0.39 is 0 Å². The third-order valence-corrected chi connectivity index (χ3v) is 0. The second-order valence-electron chi connectivity index (χ2n) is 0. The minimum atomic E-state index is 0. The van der Waals surface area contributed by atoms with Crippen molar-refractivity contribution in [3.8, 4) is 0 Å². The van der Waals surface area contributed by atoms with E-state index in [0.717, 1.165) is 0 Å². The van der Waals surface area contributed by atoms with E-state index in [1.165, 1.54) is 0 Å². The van der Waals surface area contributed by atoms with Crippen LogP contribution in [0.1, 0.15) is 0 Å². The summed E-state index contributed by atoms with van der Waals surface area (Å²) >= 11 is 0. The molecule has 0 heterocycles. The largest absolute Gasteiger partial charge is 0 e. The monoisotopic (exact) mass is 476 g/mol. The van der Waals surface area contributed by atoms with Gasteiger partial charge in [-0.3, -0.25) is 0 Å². The zero-order valence-corrected chi connectivity index (χ0v) is 12.7.